The molecule has 0 atom stereocenters. The highest BCUT2D eigenvalue weighted by molar-refractivity contribution is 6.03. The molecule has 1 heterocycles. The monoisotopic (exact) mass is 390 g/mol. The minimum absolute atomic E-state index is 0.0145. The average molecular weight is 390 g/mol. The predicted molar refractivity (Wildman–Crippen MR) is 95.8 cm³/mol. The Morgan fingerprint density at radius 1 is 1.00 bits per heavy atom. The van der Waals surface area contributed by atoms with Gasteiger partial charge in [-0.05, 0) is 43.3 Å². The summed E-state index contributed by atoms with van der Waals surface area (Å²) in [7, 11) is 0. The first kappa shape index (κ1) is 19.3. The molecule has 1 aromatic heterocycles. The van der Waals surface area contributed by atoms with Gasteiger partial charge in [0.1, 0.15) is 11.5 Å². The van der Waals surface area contributed by atoms with Crippen molar-refractivity contribution in [3.63, 3.8) is 0 Å². The van der Waals surface area contributed by atoms with E-state index in [1.54, 1.807) is 13.0 Å². The van der Waals surface area contributed by atoms with E-state index in [2.05, 4.69) is 20.6 Å². The quantitative estimate of drug-likeness (QED) is 0.620. The zero-order chi connectivity index (χ0) is 20.3. The number of aryl methyl sites for hydroxylation is 1. The second-order valence-corrected chi connectivity index (χ2v) is 5.86. The highest BCUT2D eigenvalue weighted by Crippen LogP contribution is 2.30. The van der Waals surface area contributed by atoms with Crippen molar-refractivity contribution in [3.8, 4) is 0 Å². The number of carbonyl (C=O) groups excluding carboxylic acids is 1. The third kappa shape index (κ3) is 4.61. The Labute approximate surface area is 157 Å². The number of alkyl halides is 3. The molecule has 2 N–H and O–H groups in total. The summed E-state index contributed by atoms with van der Waals surface area (Å²) in [5.41, 5.74) is -0.449. The lowest BCUT2D eigenvalue weighted by atomic mass is 10.2. The third-order valence-electron chi connectivity index (χ3n) is 3.65. The molecular formula is C19H14F4N4O. The third-order valence-corrected chi connectivity index (χ3v) is 3.65. The van der Waals surface area contributed by atoms with Crippen LogP contribution in [-0.2, 0) is 6.18 Å². The number of para-hydroxylation sites is 1. The molecule has 0 aliphatic heterocycles. The van der Waals surface area contributed by atoms with Crippen molar-refractivity contribution in [2.24, 2.45) is 0 Å². The van der Waals surface area contributed by atoms with Gasteiger partial charge in [-0.3, -0.25) is 4.79 Å². The number of hydrogen-bond donors (Lipinski definition) is 2. The Morgan fingerprint density at radius 2 is 1.75 bits per heavy atom. The number of nitrogens with zero attached hydrogens (tertiary/aromatic N) is 2. The van der Waals surface area contributed by atoms with E-state index in [9.17, 15) is 22.4 Å². The number of hydrogen-bond acceptors (Lipinski definition) is 4. The summed E-state index contributed by atoms with van der Waals surface area (Å²) >= 11 is 0. The molecule has 0 saturated carbocycles. The molecule has 0 radical (unpaired) electrons. The van der Waals surface area contributed by atoms with Gasteiger partial charge in [0.05, 0.1) is 11.3 Å². The summed E-state index contributed by atoms with van der Waals surface area (Å²) in [5, 5.41) is 5.04. The van der Waals surface area contributed by atoms with Crippen LogP contribution in [0.25, 0.3) is 0 Å². The SMILES string of the molecule is Cc1cc(C(=O)Nc2cccc(C(F)(F)F)c2)nc(Nc2ccccc2F)n1. The lowest BCUT2D eigenvalue weighted by Crippen LogP contribution is -2.16. The number of rotatable bonds is 4. The first-order chi connectivity index (χ1) is 13.2. The van der Waals surface area contributed by atoms with E-state index >= 15 is 0 Å². The van der Waals surface area contributed by atoms with E-state index in [-0.39, 0.29) is 23.0 Å². The summed E-state index contributed by atoms with van der Waals surface area (Å²) < 4.78 is 52.2. The summed E-state index contributed by atoms with van der Waals surface area (Å²) in [6.07, 6.45) is -4.52. The van der Waals surface area contributed by atoms with E-state index in [0.29, 0.717) is 5.69 Å². The molecule has 0 spiro atoms. The van der Waals surface area contributed by atoms with Gasteiger partial charge in [0.15, 0.2) is 0 Å². The van der Waals surface area contributed by atoms with Gasteiger partial charge in [-0.1, -0.05) is 18.2 Å². The van der Waals surface area contributed by atoms with Crippen LogP contribution in [-0.4, -0.2) is 15.9 Å². The minimum atomic E-state index is -4.52. The van der Waals surface area contributed by atoms with Crippen LogP contribution in [0.5, 0.6) is 0 Å². The predicted octanol–water partition coefficient (Wildman–Crippen LogP) is 4.94. The van der Waals surface area contributed by atoms with E-state index in [1.807, 2.05) is 0 Å². The Bertz CT molecular complexity index is 1020. The molecule has 2 aromatic carbocycles. The molecule has 9 heteroatoms. The molecule has 3 rings (SSSR count). The van der Waals surface area contributed by atoms with Crippen LogP contribution >= 0.6 is 0 Å². The topological polar surface area (TPSA) is 66.9 Å². The first-order valence-electron chi connectivity index (χ1n) is 8.08. The normalized spacial score (nSPS) is 11.2. The fraction of sp³-hybridized carbons (Fsp3) is 0.105. The van der Waals surface area contributed by atoms with Crippen molar-refractivity contribution >= 4 is 23.2 Å². The van der Waals surface area contributed by atoms with Crippen molar-refractivity contribution in [3.05, 3.63) is 77.4 Å². The van der Waals surface area contributed by atoms with Crippen molar-refractivity contribution in [1.82, 2.24) is 9.97 Å². The number of anilines is 3. The number of halogens is 4. The number of aromatic nitrogens is 2. The van der Waals surface area contributed by atoms with E-state index in [4.69, 9.17) is 0 Å². The van der Waals surface area contributed by atoms with Crippen LogP contribution in [0.15, 0.2) is 54.6 Å². The molecule has 144 valence electrons. The zero-order valence-electron chi connectivity index (χ0n) is 14.5. The van der Waals surface area contributed by atoms with Gasteiger partial charge in [-0.2, -0.15) is 13.2 Å². The van der Waals surface area contributed by atoms with Crippen LogP contribution in [0.3, 0.4) is 0 Å². The van der Waals surface area contributed by atoms with E-state index in [0.717, 1.165) is 12.1 Å². The molecule has 0 aliphatic rings. The molecule has 28 heavy (non-hydrogen) atoms. The van der Waals surface area contributed by atoms with Gasteiger partial charge in [0.25, 0.3) is 5.91 Å². The van der Waals surface area contributed by atoms with Crippen molar-refractivity contribution in [2.75, 3.05) is 10.6 Å². The van der Waals surface area contributed by atoms with Gasteiger partial charge in [-0.25, -0.2) is 14.4 Å². The molecular weight excluding hydrogens is 376 g/mol. The lowest BCUT2D eigenvalue weighted by Gasteiger charge is -2.11. The van der Waals surface area contributed by atoms with Gasteiger partial charge in [0.2, 0.25) is 5.95 Å². The van der Waals surface area contributed by atoms with Gasteiger partial charge in [0, 0.05) is 11.4 Å². The Morgan fingerprint density at radius 3 is 2.46 bits per heavy atom. The maximum atomic E-state index is 13.8. The van der Waals surface area contributed by atoms with Gasteiger partial charge >= 0.3 is 6.18 Å². The van der Waals surface area contributed by atoms with E-state index in [1.165, 1.54) is 36.4 Å². The summed E-state index contributed by atoms with van der Waals surface area (Å²) in [5.74, 6) is -1.26. The van der Waals surface area contributed by atoms with Crippen molar-refractivity contribution in [2.45, 2.75) is 13.1 Å². The maximum absolute atomic E-state index is 13.8. The highest BCUT2D eigenvalue weighted by Gasteiger charge is 2.30. The first-order valence-corrected chi connectivity index (χ1v) is 8.08. The smallest absolute Gasteiger partial charge is 0.322 e. The molecule has 1 amide bonds. The minimum Gasteiger partial charge on any atom is -0.322 e. The van der Waals surface area contributed by atoms with Crippen molar-refractivity contribution in [1.29, 1.82) is 0 Å². The molecule has 3 aromatic rings. The van der Waals surface area contributed by atoms with Crippen molar-refractivity contribution < 1.29 is 22.4 Å². The summed E-state index contributed by atoms with van der Waals surface area (Å²) in [4.78, 5) is 20.5. The molecule has 0 fully saturated rings. The van der Waals surface area contributed by atoms with Crippen LogP contribution in [0, 0.1) is 12.7 Å². The summed E-state index contributed by atoms with van der Waals surface area (Å²) in [6.45, 7) is 1.61. The molecule has 0 bridgehead atoms. The van der Waals surface area contributed by atoms with Crippen LogP contribution < -0.4 is 10.6 Å². The maximum Gasteiger partial charge on any atom is 0.416 e. The average Bonchev–Trinajstić information content (AvgIpc) is 2.63. The van der Waals surface area contributed by atoms with E-state index < -0.39 is 23.5 Å². The number of benzene rings is 2. The highest BCUT2D eigenvalue weighted by atomic mass is 19.4. The largest absolute Gasteiger partial charge is 0.416 e. The van der Waals surface area contributed by atoms with Crippen LogP contribution in [0.1, 0.15) is 21.7 Å². The number of nitrogens with one attached hydrogen (secondary N) is 2. The molecule has 0 aliphatic carbocycles. The second kappa shape index (κ2) is 7.63. The van der Waals surface area contributed by atoms with Gasteiger partial charge < -0.3 is 10.6 Å². The number of amides is 1. The molecule has 0 saturated heterocycles. The Kier molecular flexibility index (Phi) is 5.25. The second-order valence-electron chi connectivity index (χ2n) is 5.86. The molecule has 0 unspecified atom stereocenters. The van der Waals surface area contributed by atoms with Crippen LogP contribution in [0.2, 0.25) is 0 Å². The number of carbonyl (C=O) groups is 1. The zero-order valence-corrected chi connectivity index (χ0v) is 14.5. The summed E-state index contributed by atoms with van der Waals surface area (Å²) in [6, 6.07) is 11.5. The van der Waals surface area contributed by atoms with Crippen LogP contribution in [0.4, 0.5) is 34.9 Å². The fourth-order valence-electron chi connectivity index (χ4n) is 2.39. The molecule has 5 nitrogen and oxygen atoms in total. The fourth-order valence-corrected chi connectivity index (χ4v) is 2.39. The van der Waals surface area contributed by atoms with Gasteiger partial charge in [-0.15, -0.1) is 0 Å². The standard InChI is InChI=1S/C19H14F4N4O/c1-11-9-16(27-18(24-11)26-15-8-3-2-7-14(15)20)17(28)25-13-6-4-5-12(10-13)19(21,22)23/h2-10H,1H3,(H,25,28)(H,24,26,27). The Balaban J connectivity index is 1.83. The Hall–Kier alpha value is -3.49. The lowest BCUT2D eigenvalue weighted by molar-refractivity contribution is -0.137.